The minimum absolute atomic E-state index is 0.712. The summed E-state index contributed by atoms with van der Waals surface area (Å²) < 4.78 is 2.68. The quantitative estimate of drug-likeness (QED) is 0.737. The molecule has 0 aliphatic heterocycles. The molecule has 94 valence electrons. The molecule has 3 rings (SSSR count). The van der Waals surface area contributed by atoms with Crippen LogP contribution >= 0.6 is 15.9 Å². The van der Waals surface area contributed by atoms with Crippen LogP contribution in [0.4, 0.5) is 0 Å². The second-order valence-electron chi connectivity index (χ2n) is 4.24. The van der Waals surface area contributed by atoms with Gasteiger partial charge in [0.25, 0.3) is 0 Å². The largest absolute Gasteiger partial charge is 0.239 e. The number of rotatable bonds is 3. The zero-order valence-corrected chi connectivity index (χ0v) is 11.8. The molecule has 0 N–H and O–H groups in total. The molecule has 0 amide bonds. The highest BCUT2D eigenvalue weighted by Crippen LogP contribution is 2.26. The topological polar surface area (TPSA) is 30.7 Å². The van der Waals surface area contributed by atoms with Crippen LogP contribution in [0.2, 0.25) is 0 Å². The predicted molar refractivity (Wildman–Crippen MR) is 78.7 cm³/mol. The standard InChI is InChI=1S/C15H12BrN3/c16-15-14(13-9-5-2-6-10-13)19(18-17-15)11-12-7-3-1-4-8-12/h1-10H,11H2. The first-order valence-electron chi connectivity index (χ1n) is 6.03. The van der Waals surface area contributed by atoms with E-state index in [0.29, 0.717) is 6.54 Å². The lowest BCUT2D eigenvalue weighted by Crippen LogP contribution is -2.03. The lowest BCUT2D eigenvalue weighted by atomic mass is 10.1. The number of hydrogen-bond donors (Lipinski definition) is 0. The van der Waals surface area contributed by atoms with Crippen molar-refractivity contribution in [2.24, 2.45) is 0 Å². The molecule has 0 fully saturated rings. The monoisotopic (exact) mass is 313 g/mol. The van der Waals surface area contributed by atoms with Crippen LogP contribution in [-0.4, -0.2) is 15.0 Å². The third-order valence-corrected chi connectivity index (χ3v) is 3.45. The van der Waals surface area contributed by atoms with Gasteiger partial charge in [0.2, 0.25) is 0 Å². The van der Waals surface area contributed by atoms with Crippen molar-refractivity contribution in [3.63, 3.8) is 0 Å². The Labute approximate surface area is 120 Å². The van der Waals surface area contributed by atoms with E-state index in [9.17, 15) is 0 Å². The van der Waals surface area contributed by atoms with E-state index < -0.39 is 0 Å². The van der Waals surface area contributed by atoms with Gasteiger partial charge in [0, 0.05) is 5.56 Å². The summed E-state index contributed by atoms with van der Waals surface area (Å²) in [6, 6.07) is 20.4. The minimum Gasteiger partial charge on any atom is -0.239 e. The van der Waals surface area contributed by atoms with Crippen LogP contribution in [0.3, 0.4) is 0 Å². The maximum Gasteiger partial charge on any atom is 0.156 e. The Morgan fingerprint density at radius 2 is 1.53 bits per heavy atom. The lowest BCUT2D eigenvalue weighted by Gasteiger charge is -2.06. The van der Waals surface area contributed by atoms with Crippen molar-refractivity contribution in [3.8, 4) is 11.3 Å². The molecule has 3 aromatic rings. The fraction of sp³-hybridized carbons (Fsp3) is 0.0667. The van der Waals surface area contributed by atoms with Gasteiger partial charge in [-0.05, 0) is 21.5 Å². The van der Waals surface area contributed by atoms with Crippen molar-refractivity contribution in [1.82, 2.24) is 15.0 Å². The molecule has 4 heteroatoms. The molecule has 0 radical (unpaired) electrons. The number of nitrogens with zero attached hydrogens (tertiary/aromatic N) is 3. The molecular weight excluding hydrogens is 302 g/mol. The van der Waals surface area contributed by atoms with Crippen molar-refractivity contribution in [1.29, 1.82) is 0 Å². The van der Waals surface area contributed by atoms with E-state index >= 15 is 0 Å². The van der Waals surface area contributed by atoms with E-state index in [0.717, 1.165) is 15.9 Å². The van der Waals surface area contributed by atoms with Gasteiger partial charge in [-0.25, -0.2) is 4.68 Å². The van der Waals surface area contributed by atoms with Crippen molar-refractivity contribution in [2.45, 2.75) is 6.54 Å². The van der Waals surface area contributed by atoms with E-state index in [1.807, 2.05) is 41.1 Å². The van der Waals surface area contributed by atoms with Gasteiger partial charge in [-0.2, -0.15) is 0 Å². The van der Waals surface area contributed by atoms with Crippen molar-refractivity contribution in [2.75, 3.05) is 0 Å². The Kier molecular flexibility index (Phi) is 3.42. The molecule has 0 spiro atoms. The molecule has 1 aromatic heterocycles. The minimum atomic E-state index is 0.712. The molecule has 0 atom stereocenters. The smallest absolute Gasteiger partial charge is 0.156 e. The highest BCUT2D eigenvalue weighted by molar-refractivity contribution is 9.10. The summed E-state index contributed by atoms with van der Waals surface area (Å²) in [6.07, 6.45) is 0. The maximum absolute atomic E-state index is 4.21. The van der Waals surface area contributed by atoms with Gasteiger partial charge in [0.1, 0.15) is 5.69 Å². The average Bonchev–Trinajstić information content (AvgIpc) is 2.82. The van der Waals surface area contributed by atoms with Crippen LogP contribution in [-0.2, 0) is 6.54 Å². The number of aromatic nitrogens is 3. The highest BCUT2D eigenvalue weighted by atomic mass is 79.9. The summed E-state index contributed by atoms with van der Waals surface area (Å²) in [5.74, 6) is 0. The van der Waals surface area contributed by atoms with E-state index in [1.54, 1.807) is 0 Å². The Bertz CT molecular complexity index is 662. The second-order valence-corrected chi connectivity index (χ2v) is 4.99. The first-order valence-corrected chi connectivity index (χ1v) is 6.82. The van der Waals surface area contributed by atoms with Gasteiger partial charge in [-0.1, -0.05) is 65.9 Å². The third kappa shape index (κ3) is 2.58. The fourth-order valence-electron chi connectivity index (χ4n) is 2.02. The molecule has 0 saturated carbocycles. The van der Waals surface area contributed by atoms with Gasteiger partial charge < -0.3 is 0 Å². The summed E-state index contributed by atoms with van der Waals surface area (Å²) in [5.41, 5.74) is 3.32. The van der Waals surface area contributed by atoms with Gasteiger partial charge in [-0.15, -0.1) is 5.10 Å². The maximum atomic E-state index is 4.21. The van der Waals surface area contributed by atoms with E-state index in [1.165, 1.54) is 5.56 Å². The van der Waals surface area contributed by atoms with E-state index in [4.69, 9.17) is 0 Å². The van der Waals surface area contributed by atoms with Crippen LogP contribution < -0.4 is 0 Å². The molecule has 0 saturated heterocycles. The predicted octanol–water partition coefficient (Wildman–Crippen LogP) is 3.76. The van der Waals surface area contributed by atoms with Crippen LogP contribution in [0.15, 0.2) is 65.3 Å². The highest BCUT2D eigenvalue weighted by Gasteiger charge is 2.12. The zero-order chi connectivity index (χ0) is 13.1. The van der Waals surface area contributed by atoms with Gasteiger partial charge in [0.15, 0.2) is 4.60 Å². The number of halogens is 1. The Morgan fingerprint density at radius 3 is 2.21 bits per heavy atom. The molecule has 0 aliphatic carbocycles. The number of benzene rings is 2. The summed E-state index contributed by atoms with van der Waals surface area (Å²) in [7, 11) is 0. The third-order valence-electron chi connectivity index (χ3n) is 2.92. The average molecular weight is 314 g/mol. The normalized spacial score (nSPS) is 10.6. The van der Waals surface area contributed by atoms with E-state index in [2.05, 4.69) is 50.5 Å². The second kappa shape index (κ2) is 5.36. The van der Waals surface area contributed by atoms with Crippen molar-refractivity contribution in [3.05, 3.63) is 70.8 Å². The van der Waals surface area contributed by atoms with Crippen LogP contribution in [0, 0.1) is 0 Å². The Balaban J connectivity index is 2.00. The number of hydrogen-bond acceptors (Lipinski definition) is 2. The zero-order valence-electron chi connectivity index (χ0n) is 10.2. The van der Waals surface area contributed by atoms with Crippen molar-refractivity contribution >= 4 is 15.9 Å². The Morgan fingerprint density at radius 1 is 0.895 bits per heavy atom. The first-order chi connectivity index (χ1) is 9.34. The summed E-state index contributed by atoms with van der Waals surface area (Å²) >= 11 is 3.47. The molecule has 0 aliphatic rings. The molecule has 0 bridgehead atoms. The van der Waals surface area contributed by atoms with Gasteiger partial charge >= 0.3 is 0 Å². The summed E-state index contributed by atoms with van der Waals surface area (Å²) in [5, 5.41) is 8.33. The van der Waals surface area contributed by atoms with E-state index in [-0.39, 0.29) is 0 Å². The first kappa shape index (κ1) is 12.1. The summed E-state index contributed by atoms with van der Waals surface area (Å²) in [6.45, 7) is 0.712. The lowest BCUT2D eigenvalue weighted by molar-refractivity contribution is 0.655. The Hall–Kier alpha value is -1.94. The van der Waals surface area contributed by atoms with Crippen LogP contribution in [0.5, 0.6) is 0 Å². The van der Waals surface area contributed by atoms with Gasteiger partial charge in [0.05, 0.1) is 6.54 Å². The fourth-order valence-corrected chi connectivity index (χ4v) is 2.53. The molecule has 0 unspecified atom stereocenters. The molecule has 3 nitrogen and oxygen atoms in total. The molecular formula is C15H12BrN3. The van der Waals surface area contributed by atoms with Gasteiger partial charge in [-0.3, -0.25) is 0 Å². The molecule has 2 aromatic carbocycles. The van der Waals surface area contributed by atoms with Crippen molar-refractivity contribution < 1.29 is 0 Å². The molecule has 19 heavy (non-hydrogen) atoms. The SMILES string of the molecule is Brc1nnn(Cc2ccccc2)c1-c1ccccc1. The van der Waals surface area contributed by atoms with Crippen LogP contribution in [0.1, 0.15) is 5.56 Å². The summed E-state index contributed by atoms with van der Waals surface area (Å²) in [4.78, 5) is 0. The van der Waals surface area contributed by atoms with Crippen LogP contribution in [0.25, 0.3) is 11.3 Å². The molecule has 1 heterocycles.